The molecule has 0 saturated carbocycles. The SMILES string of the molecule is Cc1ccc(C(CN)N(C)CCS(C)(=O)=O)c(C)c1. The van der Waals surface area contributed by atoms with Crippen molar-refractivity contribution in [3.63, 3.8) is 0 Å². The molecule has 5 heteroatoms. The van der Waals surface area contributed by atoms with Crippen LogP contribution in [-0.4, -0.2) is 45.5 Å². The second-order valence-electron chi connectivity index (χ2n) is 5.22. The van der Waals surface area contributed by atoms with Crippen LogP contribution in [0, 0.1) is 13.8 Å². The van der Waals surface area contributed by atoms with Crippen molar-refractivity contribution in [2.75, 3.05) is 32.1 Å². The van der Waals surface area contributed by atoms with Gasteiger partial charge in [0.05, 0.1) is 5.75 Å². The Labute approximate surface area is 116 Å². The lowest BCUT2D eigenvalue weighted by atomic mass is 9.98. The fraction of sp³-hybridized carbons (Fsp3) is 0.571. The van der Waals surface area contributed by atoms with Crippen LogP contribution in [0.3, 0.4) is 0 Å². The van der Waals surface area contributed by atoms with Crippen molar-refractivity contribution in [2.24, 2.45) is 5.73 Å². The number of hydrogen-bond donors (Lipinski definition) is 1. The lowest BCUT2D eigenvalue weighted by Crippen LogP contribution is -2.34. The lowest BCUT2D eigenvalue weighted by molar-refractivity contribution is 0.263. The summed E-state index contributed by atoms with van der Waals surface area (Å²) in [5.74, 6) is 0.158. The summed E-state index contributed by atoms with van der Waals surface area (Å²) in [6.45, 7) is 5.09. The molecule has 0 aliphatic rings. The summed E-state index contributed by atoms with van der Waals surface area (Å²) >= 11 is 0. The number of sulfone groups is 1. The van der Waals surface area contributed by atoms with Gasteiger partial charge < -0.3 is 5.73 Å². The summed E-state index contributed by atoms with van der Waals surface area (Å²) in [7, 11) is -1.02. The second-order valence-corrected chi connectivity index (χ2v) is 7.48. The summed E-state index contributed by atoms with van der Waals surface area (Å²) in [5.41, 5.74) is 9.45. The molecule has 0 saturated heterocycles. The van der Waals surface area contributed by atoms with Gasteiger partial charge in [0.1, 0.15) is 9.84 Å². The fourth-order valence-corrected chi connectivity index (χ4v) is 2.83. The van der Waals surface area contributed by atoms with Crippen LogP contribution in [0.5, 0.6) is 0 Å². The van der Waals surface area contributed by atoms with E-state index < -0.39 is 9.84 Å². The topological polar surface area (TPSA) is 63.4 Å². The monoisotopic (exact) mass is 284 g/mol. The van der Waals surface area contributed by atoms with Gasteiger partial charge in [0.25, 0.3) is 0 Å². The minimum absolute atomic E-state index is 0.0577. The highest BCUT2D eigenvalue weighted by molar-refractivity contribution is 7.90. The number of rotatable bonds is 6. The quantitative estimate of drug-likeness (QED) is 0.855. The summed E-state index contributed by atoms with van der Waals surface area (Å²) < 4.78 is 22.5. The minimum atomic E-state index is -2.94. The Morgan fingerprint density at radius 3 is 2.42 bits per heavy atom. The number of nitrogens with zero attached hydrogens (tertiary/aromatic N) is 1. The molecular formula is C14H24N2O2S. The molecule has 0 aliphatic heterocycles. The standard InChI is InChI=1S/C14H24N2O2S/c1-11-5-6-13(12(2)9-11)14(10-15)16(3)7-8-19(4,17)18/h5-6,9,14H,7-8,10,15H2,1-4H3. The first-order valence-electron chi connectivity index (χ1n) is 6.40. The number of likely N-dealkylation sites (N-methyl/N-ethyl adjacent to an activating group) is 1. The van der Waals surface area contributed by atoms with E-state index in [1.165, 1.54) is 22.9 Å². The lowest BCUT2D eigenvalue weighted by Gasteiger charge is -2.28. The highest BCUT2D eigenvalue weighted by atomic mass is 32.2. The van der Waals surface area contributed by atoms with Crippen LogP contribution in [0.25, 0.3) is 0 Å². The molecule has 1 aromatic rings. The predicted molar refractivity (Wildman–Crippen MR) is 80.1 cm³/mol. The number of aryl methyl sites for hydroxylation is 2. The zero-order chi connectivity index (χ0) is 14.6. The molecule has 0 amide bonds. The maximum absolute atomic E-state index is 11.2. The molecular weight excluding hydrogens is 260 g/mol. The predicted octanol–water partition coefficient (Wildman–Crippen LogP) is 1.28. The van der Waals surface area contributed by atoms with E-state index in [-0.39, 0.29) is 11.8 Å². The molecule has 0 aromatic heterocycles. The van der Waals surface area contributed by atoms with Gasteiger partial charge in [-0.25, -0.2) is 8.42 Å². The zero-order valence-corrected chi connectivity index (χ0v) is 13.0. The van der Waals surface area contributed by atoms with E-state index in [1.54, 1.807) is 0 Å². The Balaban J connectivity index is 2.87. The third kappa shape index (κ3) is 4.93. The first-order chi connectivity index (χ1) is 8.74. The highest BCUT2D eigenvalue weighted by Crippen LogP contribution is 2.22. The van der Waals surface area contributed by atoms with Gasteiger partial charge in [-0.1, -0.05) is 23.8 Å². The molecule has 1 atom stereocenters. The van der Waals surface area contributed by atoms with Gasteiger partial charge in [-0.3, -0.25) is 4.90 Å². The molecule has 1 aromatic carbocycles. The number of hydrogen-bond acceptors (Lipinski definition) is 4. The fourth-order valence-electron chi connectivity index (χ4n) is 2.21. The minimum Gasteiger partial charge on any atom is -0.329 e. The van der Waals surface area contributed by atoms with Crippen LogP contribution in [0.2, 0.25) is 0 Å². The molecule has 4 nitrogen and oxygen atoms in total. The maximum Gasteiger partial charge on any atom is 0.148 e. The van der Waals surface area contributed by atoms with Crippen LogP contribution in [0.1, 0.15) is 22.7 Å². The molecule has 2 N–H and O–H groups in total. The van der Waals surface area contributed by atoms with Crippen molar-refractivity contribution >= 4 is 9.84 Å². The molecule has 1 unspecified atom stereocenters. The molecule has 19 heavy (non-hydrogen) atoms. The normalized spacial score (nSPS) is 13.8. The Hall–Kier alpha value is -0.910. The van der Waals surface area contributed by atoms with E-state index in [1.807, 2.05) is 11.9 Å². The first-order valence-corrected chi connectivity index (χ1v) is 8.46. The van der Waals surface area contributed by atoms with Crippen molar-refractivity contribution in [1.82, 2.24) is 4.90 Å². The zero-order valence-electron chi connectivity index (χ0n) is 12.2. The average Bonchev–Trinajstić information content (AvgIpc) is 2.29. The van der Waals surface area contributed by atoms with Crippen LogP contribution >= 0.6 is 0 Å². The molecule has 108 valence electrons. The molecule has 0 aliphatic carbocycles. The van der Waals surface area contributed by atoms with Gasteiger partial charge in [0, 0.05) is 25.4 Å². The van der Waals surface area contributed by atoms with E-state index in [9.17, 15) is 8.42 Å². The van der Waals surface area contributed by atoms with Crippen LogP contribution in [0.4, 0.5) is 0 Å². The molecule has 0 spiro atoms. The molecule has 1 rings (SSSR count). The smallest absolute Gasteiger partial charge is 0.148 e. The van der Waals surface area contributed by atoms with Crippen LogP contribution in [0.15, 0.2) is 18.2 Å². The second kappa shape index (κ2) is 6.50. The van der Waals surface area contributed by atoms with Crippen LogP contribution < -0.4 is 5.73 Å². The number of nitrogens with two attached hydrogens (primary N) is 1. The third-order valence-electron chi connectivity index (χ3n) is 3.35. The van der Waals surface area contributed by atoms with Gasteiger partial charge in [-0.05, 0) is 32.0 Å². The van der Waals surface area contributed by atoms with E-state index in [4.69, 9.17) is 5.73 Å². The summed E-state index contributed by atoms with van der Waals surface area (Å²) in [4.78, 5) is 2.01. The Kier molecular flexibility index (Phi) is 5.52. The van der Waals surface area contributed by atoms with Gasteiger partial charge in [0.15, 0.2) is 0 Å². The first kappa shape index (κ1) is 16.1. The summed E-state index contributed by atoms with van der Waals surface area (Å²) in [6.07, 6.45) is 1.26. The molecule has 0 radical (unpaired) electrons. The summed E-state index contributed by atoms with van der Waals surface area (Å²) in [5, 5.41) is 0. The largest absolute Gasteiger partial charge is 0.329 e. The average molecular weight is 284 g/mol. The van der Waals surface area contributed by atoms with Crippen molar-refractivity contribution in [3.8, 4) is 0 Å². The molecule has 0 bridgehead atoms. The van der Waals surface area contributed by atoms with Gasteiger partial charge in [-0.2, -0.15) is 0 Å². The van der Waals surface area contributed by atoms with Gasteiger partial charge in [-0.15, -0.1) is 0 Å². The molecule has 0 fully saturated rings. The van der Waals surface area contributed by atoms with E-state index in [2.05, 4.69) is 32.0 Å². The van der Waals surface area contributed by atoms with Crippen molar-refractivity contribution < 1.29 is 8.42 Å². The molecule has 0 heterocycles. The van der Waals surface area contributed by atoms with Crippen molar-refractivity contribution in [3.05, 3.63) is 34.9 Å². The highest BCUT2D eigenvalue weighted by Gasteiger charge is 2.18. The van der Waals surface area contributed by atoms with Crippen LogP contribution in [-0.2, 0) is 9.84 Å². The van der Waals surface area contributed by atoms with E-state index in [0.717, 1.165) is 0 Å². The maximum atomic E-state index is 11.2. The number of benzene rings is 1. The van der Waals surface area contributed by atoms with Crippen molar-refractivity contribution in [2.45, 2.75) is 19.9 Å². The van der Waals surface area contributed by atoms with E-state index in [0.29, 0.717) is 13.1 Å². The Morgan fingerprint density at radius 1 is 1.32 bits per heavy atom. The van der Waals surface area contributed by atoms with Gasteiger partial charge >= 0.3 is 0 Å². The summed E-state index contributed by atoms with van der Waals surface area (Å²) in [6, 6.07) is 6.33. The van der Waals surface area contributed by atoms with E-state index >= 15 is 0 Å². The Bertz CT molecular complexity index is 526. The van der Waals surface area contributed by atoms with Gasteiger partial charge in [0.2, 0.25) is 0 Å². The Morgan fingerprint density at radius 2 is 1.95 bits per heavy atom. The third-order valence-corrected chi connectivity index (χ3v) is 4.28. The van der Waals surface area contributed by atoms with Crippen molar-refractivity contribution in [1.29, 1.82) is 0 Å².